The molecule has 6 nitrogen and oxygen atoms in total. The normalized spacial score (nSPS) is 13.8. The van der Waals surface area contributed by atoms with E-state index in [2.05, 4.69) is 15.4 Å². The van der Waals surface area contributed by atoms with Crippen LogP contribution in [0.1, 0.15) is 10.4 Å². The molecule has 3 N–H and O–H groups in total. The zero-order valence-corrected chi connectivity index (χ0v) is 11.7. The summed E-state index contributed by atoms with van der Waals surface area (Å²) in [7, 11) is 3.07. The van der Waals surface area contributed by atoms with Crippen LogP contribution in [0.25, 0.3) is 0 Å². The summed E-state index contributed by atoms with van der Waals surface area (Å²) in [5, 5.41) is 5.96. The molecule has 0 spiro atoms. The Hall–Kier alpha value is -1.28. The monoisotopic (exact) mass is 283 g/mol. The lowest BCUT2D eigenvalue weighted by Crippen LogP contribution is -2.34. The molecule has 1 heterocycles. The van der Waals surface area contributed by atoms with Gasteiger partial charge in [-0.05, 0) is 30.1 Å². The lowest BCUT2D eigenvalue weighted by molar-refractivity contribution is -0.0974. The second-order valence-electron chi connectivity index (χ2n) is 3.92. The van der Waals surface area contributed by atoms with Crippen LogP contribution in [0.15, 0.2) is 23.1 Å². The van der Waals surface area contributed by atoms with Crippen LogP contribution >= 0.6 is 11.9 Å². The van der Waals surface area contributed by atoms with Crippen molar-refractivity contribution in [1.82, 2.24) is 10.0 Å². The molecule has 0 bridgehead atoms. The minimum Gasteiger partial charge on any atom is -0.371 e. The van der Waals surface area contributed by atoms with Crippen molar-refractivity contribution < 1.29 is 14.3 Å². The number of amides is 1. The predicted octanol–water partition coefficient (Wildman–Crippen LogP) is 1.01. The average Bonchev–Trinajstić information content (AvgIpc) is 2.47. The van der Waals surface area contributed by atoms with E-state index in [0.29, 0.717) is 18.8 Å². The van der Waals surface area contributed by atoms with Crippen molar-refractivity contribution in [1.29, 1.82) is 0 Å². The average molecular weight is 283 g/mol. The second kappa shape index (κ2) is 6.76. The molecule has 0 unspecified atom stereocenters. The second-order valence-corrected chi connectivity index (χ2v) is 4.85. The summed E-state index contributed by atoms with van der Waals surface area (Å²) in [6.07, 6.45) is -0.431. The van der Waals surface area contributed by atoms with Gasteiger partial charge in [0, 0.05) is 24.7 Å². The number of ether oxygens (including phenoxy) is 2. The fourth-order valence-corrected chi connectivity index (χ4v) is 2.42. The molecule has 104 valence electrons. The van der Waals surface area contributed by atoms with Crippen molar-refractivity contribution in [2.24, 2.45) is 0 Å². The molecular formula is C12H17N3O3S. The van der Waals surface area contributed by atoms with Crippen LogP contribution in [0.3, 0.4) is 0 Å². The molecular weight excluding hydrogens is 266 g/mol. The topological polar surface area (TPSA) is 71.6 Å². The number of hydrogen-bond acceptors (Lipinski definition) is 6. The zero-order valence-electron chi connectivity index (χ0n) is 10.9. The number of rotatable bonds is 5. The lowest BCUT2D eigenvalue weighted by atomic mass is 10.2. The van der Waals surface area contributed by atoms with Gasteiger partial charge in [-0.3, -0.25) is 4.79 Å². The van der Waals surface area contributed by atoms with Crippen LogP contribution in [0, 0.1) is 0 Å². The van der Waals surface area contributed by atoms with E-state index in [9.17, 15) is 4.79 Å². The van der Waals surface area contributed by atoms with E-state index in [-0.39, 0.29) is 5.91 Å². The van der Waals surface area contributed by atoms with E-state index < -0.39 is 6.29 Å². The third-order valence-electron chi connectivity index (χ3n) is 2.73. The van der Waals surface area contributed by atoms with Gasteiger partial charge in [-0.2, -0.15) is 0 Å². The maximum atomic E-state index is 12.0. The molecule has 7 heteroatoms. The van der Waals surface area contributed by atoms with Gasteiger partial charge in [0.05, 0.1) is 18.9 Å². The predicted molar refractivity (Wildman–Crippen MR) is 74.1 cm³/mol. The van der Waals surface area contributed by atoms with E-state index in [1.807, 2.05) is 12.1 Å². The Labute approximate surface area is 116 Å². The van der Waals surface area contributed by atoms with E-state index in [1.165, 1.54) is 26.2 Å². The lowest BCUT2D eigenvalue weighted by Gasteiger charge is -2.19. The quantitative estimate of drug-likeness (QED) is 0.553. The summed E-state index contributed by atoms with van der Waals surface area (Å²) < 4.78 is 13.1. The largest absolute Gasteiger partial charge is 0.371 e. The molecule has 1 amide bonds. The summed E-state index contributed by atoms with van der Waals surface area (Å²) in [5.74, 6) is -0.145. The summed E-state index contributed by atoms with van der Waals surface area (Å²) in [5.41, 5.74) is 1.65. The van der Waals surface area contributed by atoms with Gasteiger partial charge < -0.3 is 20.1 Å². The number of anilines is 1. The van der Waals surface area contributed by atoms with E-state index >= 15 is 0 Å². The molecule has 0 saturated carbocycles. The Balaban J connectivity index is 1.99. The van der Waals surface area contributed by atoms with Crippen molar-refractivity contribution in [2.45, 2.75) is 11.2 Å². The molecule has 19 heavy (non-hydrogen) atoms. The van der Waals surface area contributed by atoms with Gasteiger partial charge in [0.25, 0.3) is 5.91 Å². The fourth-order valence-electron chi connectivity index (χ4n) is 1.68. The molecule has 0 fully saturated rings. The van der Waals surface area contributed by atoms with Gasteiger partial charge in [-0.15, -0.1) is 0 Å². The van der Waals surface area contributed by atoms with Crippen molar-refractivity contribution >= 4 is 23.5 Å². The van der Waals surface area contributed by atoms with E-state index in [1.54, 1.807) is 6.07 Å². The van der Waals surface area contributed by atoms with Gasteiger partial charge in [-0.1, -0.05) is 0 Å². The highest BCUT2D eigenvalue weighted by Gasteiger charge is 2.14. The van der Waals surface area contributed by atoms with Crippen molar-refractivity contribution in [3.05, 3.63) is 23.8 Å². The molecule has 1 aliphatic heterocycles. The van der Waals surface area contributed by atoms with E-state index in [0.717, 1.165) is 10.6 Å². The first-order valence-corrected chi connectivity index (χ1v) is 6.67. The maximum Gasteiger partial charge on any atom is 0.251 e. The zero-order chi connectivity index (χ0) is 13.7. The first-order valence-electron chi connectivity index (χ1n) is 5.86. The van der Waals surface area contributed by atoms with Gasteiger partial charge in [0.2, 0.25) is 0 Å². The Morgan fingerprint density at radius 3 is 3.00 bits per heavy atom. The minimum absolute atomic E-state index is 0.145. The number of hydrogen-bond donors (Lipinski definition) is 3. The van der Waals surface area contributed by atoms with Crippen LogP contribution in [0.5, 0.6) is 0 Å². The number of fused-ring (bicyclic) bond motifs is 1. The van der Waals surface area contributed by atoms with Crippen LogP contribution < -0.4 is 15.4 Å². The number of carbonyl (C=O) groups is 1. The highest BCUT2D eigenvalue weighted by molar-refractivity contribution is 7.97. The summed E-state index contributed by atoms with van der Waals surface area (Å²) in [6.45, 7) is 1.03. The van der Waals surface area contributed by atoms with Crippen LogP contribution in [0.2, 0.25) is 0 Å². The third-order valence-corrected chi connectivity index (χ3v) is 3.58. The highest BCUT2D eigenvalue weighted by Crippen LogP contribution is 2.28. The summed E-state index contributed by atoms with van der Waals surface area (Å²) in [4.78, 5) is 13.0. The SMILES string of the molecule is COC(CNC(=O)c1ccc2c(c1)SNCN2)OC. The van der Waals surface area contributed by atoms with Crippen LogP contribution in [-0.2, 0) is 9.47 Å². The molecule has 0 aliphatic carbocycles. The number of nitrogens with one attached hydrogen (secondary N) is 3. The minimum atomic E-state index is -0.431. The van der Waals surface area contributed by atoms with E-state index in [4.69, 9.17) is 9.47 Å². The molecule has 0 atom stereocenters. The van der Waals surface area contributed by atoms with Gasteiger partial charge in [0.1, 0.15) is 0 Å². The van der Waals surface area contributed by atoms with Gasteiger partial charge >= 0.3 is 0 Å². The first kappa shape index (κ1) is 14.1. The summed E-state index contributed by atoms with van der Waals surface area (Å²) in [6, 6.07) is 5.55. The molecule has 2 rings (SSSR count). The number of benzene rings is 1. The summed E-state index contributed by atoms with van der Waals surface area (Å²) >= 11 is 1.51. The van der Waals surface area contributed by atoms with Crippen molar-refractivity contribution in [3.63, 3.8) is 0 Å². The van der Waals surface area contributed by atoms with Gasteiger partial charge in [-0.25, -0.2) is 4.72 Å². The Kier molecular flexibility index (Phi) is 5.03. The van der Waals surface area contributed by atoms with Crippen molar-refractivity contribution in [3.8, 4) is 0 Å². The van der Waals surface area contributed by atoms with Crippen LogP contribution in [-0.4, -0.2) is 39.6 Å². The van der Waals surface area contributed by atoms with Crippen LogP contribution in [0.4, 0.5) is 5.69 Å². The Bertz CT molecular complexity index is 452. The first-order chi connectivity index (χ1) is 9.24. The Morgan fingerprint density at radius 1 is 1.47 bits per heavy atom. The van der Waals surface area contributed by atoms with Gasteiger partial charge in [0.15, 0.2) is 6.29 Å². The molecule has 0 radical (unpaired) electrons. The van der Waals surface area contributed by atoms with Crippen molar-refractivity contribution in [2.75, 3.05) is 32.7 Å². The highest BCUT2D eigenvalue weighted by atomic mass is 32.2. The number of carbonyl (C=O) groups excluding carboxylic acids is 1. The molecule has 1 aromatic rings. The smallest absolute Gasteiger partial charge is 0.251 e. The Morgan fingerprint density at radius 2 is 2.26 bits per heavy atom. The number of methoxy groups -OCH3 is 2. The molecule has 0 saturated heterocycles. The molecule has 0 aromatic heterocycles. The fraction of sp³-hybridized carbons (Fsp3) is 0.417. The molecule has 1 aromatic carbocycles. The third kappa shape index (κ3) is 3.60. The molecule has 1 aliphatic rings. The standard InChI is InChI=1S/C12H17N3O3S/c1-17-11(18-2)6-13-12(16)8-3-4-9-10(5-8)19-15-7-14-9/h3-5,11,14-15H,6-7H2,1-2H3,(H,13,16). The maximum absolute atomic E-state index is 12.0.